The smallest absolute Gasteiger partial charge is 0.344 e. The molecule has 0 bridgehead atoms. The molecule has 0 aliphatic heterocycles. The molecule has 0 fully saturated rings. The second-order valence-corrected chi connectivity index (χ2v) is 5.60. The highest BCUT2D eigenvalue weighted by atomic mass is 16.6. The zero-order valence-corrected chi connectivity index (χ0v) is 14.4. The SMILES string of the molecule is CCC(=O)c1ccc(OCC(=O)O[C@H](C(=O)NC(N)=O)C(C)C)cc1. The summed E-state index contributed by atoms with van der Waals surface area (Å²) in [5, 5.41) is 1.88. The summed E-state index contributed by atoms with van der Waals surface area (Å²) < 4.78 is 10.3. The quantitative estimate of drug-likeness (QED) is 0.539. The first-order valence-corrected chi connectivity index (χ1v) is 7.80. The minimum absolute atomic E-state index is 0.00574. The van der Waals surface area contributed by atoms with Crippen molar-refractivity contribution in [2.24, 2.45) is 11.7 Å². The van der Waals surface area contributed by atoms with Gasteiger partial charge < -0.3 is 15.2 Å². The van der Waals surface area contributed by atoms with Gasteiger partial charge in [0.2, 0.25) is 0 Å². The zero-order valence-electron chi connectivity index (χ0n) is 14.4. The first-order chi connectivity index (χ1) is 11.7. The summed E-state index contributed by atoms with van der Waals surface area (Å²) in [6.07, 6.45) is -0.760. The molecule has 0 aliphatic carbocycles. The number of hydrogen-bond acceptors (Lipinski definition) is 6. The second-order valence-electron chi connectivity index (χ2n) is 5.60. The highest BCUT2D eigenvalue weighted by Gasteiger charge is 2.27. The molecule has 1 rings (SSSR count). The third-order valence-corrected chi connectivity index (χ3v) is 3.22. The molecular formula is C17H22N2O6. The second kappa shape index (κ2) is 9.41. The van der Waals surface area contributed by atoms with E-state index in [2.05, 4.69) is 0 Å². The fourth-order valence-corrected chi connectivity index (χ4v) is 1.94. The molecule has 0 aliphatic rings. The predicted molar refractivity (Wildman–Crippen MR) is 89.0 cm³/mol. The van der Waals surface area contributed by atoms with E-state index in [-0.39, 0.29) is 11.7 Å². The van der Waals surface area contributed by atoms with Gasteiger partial charge >= 0.3 is 12.0 Å². The number of Topliss-reactive ketones (excluding diaryl/α,β-unsaturated/α-hetero) is 1. The van der Waals surface area contributed by atoms with Crippen LogP contribution >= 0.6 is 0 Å². The van der Waals surface area contributed by atoms with Crippen LogP contribution in [0, 0.1) is 5.92 Å². The van der Waals surface area contributed by atoms with E-state index in [0.717, 1.165) is 0 Å². The first kappa shape index (κ1) is 20.1. The number of urea groups is 1. The minimum Gasteiger partial charge on any atom is -0.482 e. The Labute approximate surface area is 145 Å². The Morgan fingerprint density at radius 1 is 1.12 bits per heavy atom. The van der Waals surface area contributed by atoms with Crippen LogP contribution in [0.1, 0.15) is 37.6 Å². The lowest BCUT2D eigenvalue weighted by atomic mass is 10.1. The van der Waals surface area contributed by atoms with Crippen molar-refractivity contribution in [1.82, 2.24) is 5.32 Å². The highest BCUT2D eigenvalue weighted by molar-refractivity contribution is 5.97. The van der Waals surface area contributed by atoms with Crippen LogP contribution in [0.3, 0.4) is 0 Å². The number of amides is 3. The maximum Gasteiger partial charge on any atom is 0.344 e. The van der Waals surface area contributed by atoms with Gasteiger partial charge in [0, 0.05) is 12.0 Å². The number of nitrogens with two attached hydrogens (primary N) is 1. The third kappa shape index (κ3) is 6.62. The van der Waals surface area contributed by atoms with Gasteiger partial charge in [-0.15, -0.1) is 0 Å². The Balaban J connectivity index is 2.58. The van der Waals surface area contributed by atoms with Gasteiger partial charge in [-0.25, -0.2) is 9.59 Å². The molecule has 136 valence electrons. The van der Waals surface area contributed by atoms with Crippen LogP contribution in [0.5, 0.6) is 5.75 Å². The maximum atomic E-state index is 11.8. The Kier molecular flexibility index (Phi) is 7.58. The number of hydrogen-bond donors (Lipinski definition) is 2. The summed E-state index contributed by atoms with van der Waals surface area (Å²) in [5.41, 5.74) is 5.44. The number of benzene rings is 1. The van der Waals surface area contributed by atoms with Crippen LogP contribution in [0.15, 0.2) is 24.3 Å². The molecule has 3 N–H and O–H groups in total. The lowest BCUT2D eigenvalue weighted by Crippen LogP contribution is -2.46. The molecule has 0 saturated carbocycles. The summed E-state index contributed by atoms with van der Waals surface area (Å²) in [6.45, 7) is 4.65. The van der Waals surface area contributed by atoms with Crippen LogP contribution in [-0.2, 0) is 14.3 Å². The Morgan fingerprint density at radius 3 is 2.20 bits per heavy atom. The van der Waals surface area contributed by atoms with Crippen molar-refractivity contribution in [3.8, 4) is 5.75 Å². The van der Waals surface area contributed by atoms with E-state index in [1.807, 2.05) is 5.32 Å². The number of esters is 1. The number of ketones is 1. The standard InChI is InChI=1S/C17H22N2O6/c1-4-13(20)11-5-7-12(8-6-11)24-9-14(21)25-15(10(2)3)16(22)19-17(18)23/h5-8,10,15H,4,9H2,1-3H3,(H3,18,19,22,23)/t15-/m0/s1. The van der Waals surface area contributed by atoms with Gasteiger partial charge in [0.05, 0.1) is 0 Å². The van der Waals surface area contributed by atoms with Crippen LogP contribution in [0.25, 0.3) is 0 Å². The monoisotopic (exact) mass is 350 g/mol. The number of rotatable bonds is 8. The molecule has 8 nitrogen and oxygen atoms in total. The zero-order chi connectivity index (χ0) is 19.0. The molecule has 0 spiro atoms. The average Bonchev–Trinajstić information content (AvgIpc) is 2.56. The molecule has 0 saturated heterocycles. The Hall–Kier alpha value is -2.90. The van der Waals surface area contributed by atoms with E-state index in [1.54, 1.807) is 45.0 Å². The summed E-state index contributed by atoms with van der Waals surface area (Å²) in [5.74, 6) is -1.54. The van der Waals surface area contributed by atoms with Crippen LogP contribution in [0.4, 0.5) is 4.79 Å². The summed E-state index contributed by atoms with van der Waals surface area (Å²) >= 11 is 0. The van der Waals surface area contributed by atoms with Crippen LogP contribution < -0.4 is 15.8 Å². The molecule has 1 aromatic carbocycles. The molecule has 0 unspecified atom stereocenters. The van der Waals surface area contributed by atoms with Crippen molar-refractivity contribution in [2.45, 2.75) is 33.3 Å². The lowest BCUT2D eigenvalue weighted by molar-refractivity contribution is -0.160. The van der Waals surface area contributed by atoms with E-state index >= 15 is 0 Å². The molecular weight excluding hydrogens is 328 g/mol. The molecule has 8 heteroatoms. The van der Waals surface area contributed by atoms with Crippen molar-refractivity contribution >= 4 is 23.7 Å². The Morgan fingerprint density at radius 2 is 1.72 bits per heavy atom. The van der Waals surface area contributed by atoms with Gasteiger partial charge in [0.15, 0.2) is 18.5 Å². The van der Waals surface area contributed by atoms with Crippen LogP contribution in [-0.4, -0.2) is 36.4 Å². The van der Waals surface area contributed by atoms with Crippen molar-refractivity contribution in [1.29, 1.82) is 0 Å². The van der Waals surface area contributed by atoms with Gasteiger partial charge in [-0.2, -0.15) is 0 Å². The van der Waals surface area contributed by atoms with E-state index in [1.165, 1.54) is 0 Å². The van der Waals surface area contributed by atoms with Crippen molar-refractivity contribution in [3.05, 3.63) is 29.8 Å². The van der Waals surface area contributed by atoms with Gasteiger partial charge in [-0.3, -0.25) is 14.9 Å². The fraction of sp³-hybridized carbons (Fsp3) is 0.412. The highest BCUT2D eigenvalue weighted by Crippen LogP contribution is 2.14. The van der Waals surface area contributed by atoms with Gasteiger partial charge in [0.1, 0.15) is 5.75 Å². The van der Waals surface area contributed by atoms with Crippen molar-refractivity contribution in [2.75, 3.05) is 6.61 Å². The maximum absolute atomic E-state index is 11.8. The summed E-state index contributed by atoms with van der Waals surface area (Å²) in [6, 6.07) is 5.31. The lowest BCUT2D eigenvalue weighted by Gasteiger charge is -2.19. The summed E-state index contributed by atoms with van der Waals surface area (Å²) in [7, 11) is 0. The van der Waals surface area contributed by atoms with E-state index in [0.29, 0.717) is 17.7 Å². The predicted octanol–water partition coefficient (Wildman–Crippen LogP) is 1.42. The number of carbonyl (C=O) groups is 4. The van der Waals surface area contributed by atoms with Gasteiger partial charge in [0.25, 0.3) is 5.91 Å². The Bertz CT molecular complexity index is 639. The normalized spacial score (nSPS) is 11.5. The minimum atomic E-state index is -1.16. The topological polar surface area (TPSA) is 125 Å². The molecule has 0 aromatic heterocycles. The van der Waals surface area contributed by atoms with Crippen molar-refractivity contribution in [3.63, 3.8) is 0 Å². The van der Waals surface area contributed by atoms with Gasteiger partial charge in [-0.1, -0.05) is 20.8 Å². The number of nitrogens with one attached hydrogen (secondary N) is 1. The average molecular weight is 350 g/mol. The third-order valence-electron chi connectivity index (χ3n) is 3.22. The molecule has 0 heterocycles. The molecule has 1 aromatic rings. The van der Waals surface area contributed by atoms with E-state index < -0.39 is 30.6 Å². The first-order valence-electron chi connectivity index (χ1n) is 7.80. The number of imide groups is 1. The summed E-state index contributed by atoms with van der Waals surface area (Å²) in [4.78, 5) is 45.9. The molecule has 1 atom stereocenters. The van der Waals surface area contributed by atoms with E-state index in [4.69, 9.17) is 15.2 Å². The number of carbonyl (C=O) groups excluding carboxylic acids is 4. The number of ether oxygens (including phenoxy) is 2. The fourth-order valence-electron chi connectivity index (χ4n) is 1.94. The molecule has 3 amide bonds. The van der Waals surface area contributed by atoms with E-state index in [9.17, 15) is 19.2 Å². The van der Waals surface area contributed by atoms with Gasteiger partial charge in [-0.05, 0) is 30.2 Å². The molecule has 0 radical (unpaired) electrons. The van der Waals surface area contributed by atoms with Crippen LogP contribution in [0.2, 0.25) is 0 Å². The number of primary amides is 1. The molecule has 25 heavy (non-hydrogen) atoms. The largest absolute Gasteiger partial charge is 0.482 e. The van der Waals surface area contributed by atoms with Crippen molar-refractivity contribution < 1.29 is 28.7 Å².